The van der Waals surface area contributed by atoms with Gasteiger partial charge in [-0.25, -0.2) is 4.39 Å². The number of nitrogens with one attached hydrogen (secondary N) is 1. The van der Waals surface area contributed by atoms with Crippen LogP contribution in [0.2, 0.25) is 0 Å². The number of benzene rings is 1. The molecule has 6 heteroatoms. The summed E-state index contributed by atoms with van der Waals surface area (Å²) in [5, 5.41) is 3.56. The molecule has 2 heterocycles. The number of morpholine rings is 1. The van der Waals surface area contributed by atoms with Crippen molar-refractivity contribution in [2.75, 3.05) is 32.8 Å². The number of ether oxygens (including phenoxy) is 2. The molecular weight excluding hydrogens is 333 g/mol. The summed E-state index contributed by atoms with van der Waals surface area (Å²) in [6.45, 7) is 5.92. The lowest BCUT2D eigenvalue weighted by Crippen LogP contribution is -2.53. The van der Waals surface area contributed by atoms with Gasteiger partial charge >= 0.3 is 0 Å². The monoisotopic (exact) mass is 361 g/mol. The average molecular weight is 361 g/mol. The molecule has 26 heavy (non-hydrogen) atoms. The van der Waals surface area contributed by atoms with Crippen LogP contribution in [0.15, 0.2) is 29.3 Å². The minimum absolute atomic E-state index is 0.108. The highest BCUT2D eigenvalue weighted by molar-refractivity contribution is 5.81. The van der Waals surface area contributed by atoms with Crippen molar-refractivity contribution < 1.29 is 13.9 Å². The molecule has 4 atom stereocenters. The molecule has 0 bridgehead atoms. The predicted molar refractivity (Wildman–Crippen MR) is 98.9 cm³/mol. The first-order valence-electron chi connectivity index (χ1n) is 9.80. The predicted octanol–water partition coefficient (Wildman–Crippen LogP) is 2.53. The molecule has 1 aromatic carbocycles. The summed E-state index contributed by atoms with van der Waals surface area (Å²) in [4.78, 5) is 6.95. The zero-order chi connectivity index (χ0) is 17.9. The Balaban J connectivity index is 1.39. The molecule has 1 saturated carbocycles. The highest BCUT2D eigenvalue weighted by Crippen LogP contribution is 2.42. The Morgan fingerprint density at radius 2 is 2.12 bits per heavy atom. The molecule has 1 aromatic rings. The van der Waals surface area contributed by atoms with E-state index in [9.17, 15) is 4.39 Å². The van der Waals surface area contributed by atoms with Gasteiger partial charge in [-0.2, -0.15) is 0 Å². The van der Waals surface area contributed by atoms with E-state index in [-0.39, 0.29) is 30.0 Å². The lowest BCUT2D eigenvalue weighted by atomic mass is 10.1. The summed E-state index contributed by atoms with van der Waals surface area (Å²) in [6, 6.07) is 7.33. The van der Waals surface area contributed by atoms with Crippen molar-refractivity contribution in [2.45, 2.75) is 50.4 Å². The standard InChI is InChI=1S/C20H28FN3O2/c1-2-22-20(23-17-12-15(17)14-6-3-4-7-16(14)21)24-9-11-26-19(13-24)18-8-5-10-25-18/h3-4,6-7,15,17-19H,2,5,8-13H2,1H3,(H,22,23). The van der Waals surface area contributed by atoms with E-state index in [4.69, 9.17) is 9.47 Å². The number of halogens is 1. The summed E-state index contributed by atoms with van der Waals surface area (Å²) < 4.78 is 25.8. The molecule has 0 aromatic heterocycles. The van der Waals surface area contributed by atoms with Gasteiger partial charge in [-0.1, -0.05) is 18.2 Å². The van der Waals surface area contributed by atoms with Crippen LogP contribution >= 0.6 is 0 Å². The molecule has 1 aliphatic carbocycles. The van der Waals surface area contributed by atoms with E-state index < -0.39 is 0 Å². The maximum atomic E-state index is 14.0. The number of hydrogen-bond acceptors (Lipinski definition) is 3. The Hall–Kier alpha value is -1.66. The van der Waals surface area contributed by atoms with Crippen molar-refractivity contribution in [2.24, 2.45) is 4.99 Å². The van der Waals surface area contributed by atoms with Gasteiger partial charge in [0.25, 0.3) is 0 Å². The van der Waals surface area contributed by atoms with Crippen molar-refractivity contribution in [3.63, 3.8) is 0 Å². The molecule has 4 rings (SSSR count). The summed E-state index contributed by atoms with van der Waals surface area (Å²) in [5.74, 6) is 1.04. The second-order valence-electron chi connectivity index (χ2n) is 7.32. The molecule has 0 radical (unpaired) electrons. The number of hydrogen-bond donors (Lipinski definition) is 1. The van der Waals surface area contributed by atoms with E-state index in [1.165, 1.54) is 0 Å². The van der Waals surface area contributed by atoms with Gasteiger partial charge in [0.05, 0.1) is 12.7 Å². The highest BCUT2D eigenvalue weighted by atomic mass is 19.1. The third-order valence-corrected chi connectivity index (χ3v) is 5.49. The lowest BCUT2D eigenvalue weighted by Gasteiger charge is -2.37. The average Bonchev–Trinajstić information content (AvgIpc) is 3.19. The Kier molecular flexibility index (Phi) is 5.41. The zero-order valence-electron chi connectivity index (χ0n) is 15.4. The molecule has 1 N–H and O–H groups in total. The summed E-state index contributed by atoms with van der Waals surface area (Å²) >= 11 is 0. The summed E-state index contributed by atoms with van der Waals surface area (Å²) in [5.41, 5.74) is 0.806. The van der Waals surface area contributed by atoms with E-state index in [2.05, 4.69) is 15.2 Å². The lowest BCUT2D eigenvalue weighted by molar-refractivity contribution is -0.0817. The summed E-state index contributed by atoms with van der Waals surface area (Å²) in [6.07, 6.45) is 3.45. The second kappa shape index (κ2) is 7.92. The molecule has 142 valence electrons. The van der Waals surface area contributed by atoms with Crippen LogP contribution in [0.1, 0.15) is 37.7 Å². The van der Waals surface area contributed by atoms with Gasteiger partial charge in [0.1, 0.15) is 11.9 Å². The van der Waals surface area contributed by atoms with Crippen LogP contribution in [-0.2, 0) is 9.47 Å². The maximum Gasteiger partial charge on any atom is 0.194 e. The first-order valence-corrected chi connectivity index (χ1v) is 9.80. The topological polar surface area (TPSA) is 46.1 Å². The Bertz CT molecular complexity index is 648. The van der Waals surface area contributed by atoms with E-state index in [0.29, 0.717) is 6.61 Å². The van der Waals surface area contributed by atoms with Gasteiger partial charge in [0.15, 0.2) is 5.96 Å². The van der Waals surface area contributed by atoms with Crippen molar-refractivity contribution in [3.05, 3.63) is 35.6 Å². The fraction of sp³-hybridized carbons (Fsp3) is 0.650. The molecule has 4 unspecified atom stereocenters. The van der Waals surface area contributed by atoms with Crippen LogP contribution in [0.5, 0.6) is 0 Å². The Morgan fingerprint density at radius 3 is 2.88 bits per heavy atom. The zero-order valence-corrected chi connectivity index (χ0v) is 15.4. The van der Waals surface area contributed by atoms with Crippen LogP contribution in [0, 0.1) is 5.82 Å². The van der Waals surface area contributed by atoms with Crippen LogP contribution in [0.3, 0.4) is 0 Å². The highest BCUT2D eigenvalue weighted by Gasteiger charge is 2.41. The number of nitrogens with zero attached hydrogens (tertiary/aromatic N) is 2. The first kappa shape index (κ1) is 17.7. The molecule has 3 fully saturated rings. The van der Waals surface area contributed by atoms with E-state index in [1.807, 2.05) is 19.1 Å². The van der Waals surface area contributed by atoms with Crippen LogP contribution < -0.4 is 5.32 Å². The molecule has 2 aliphatic heterocycles. The minimum atomic E-state index is -0.111. The van der Waals surface area contributed by atoms with Crippen molar-refractivity contribution in [1.82, 2.24) is 10.2 Å². The third kappa shape index (κ3) is 3.86. The molecule has 0 spiro atoms. The molecule has 3 aliphatic rings. The number of guanidine groups is 1. The van der Waals surface area contributed by atoms with Crippen molar-refractivity contribution in [1.29, 1.82) is 0 Å². The quantitative estimate of drug-likeness (QED) is 0.661. The van der Waals surface area contributed by atoms with Crippen molar-refractivity contribution >= 4 is 5.96 Å². The van der Waals surface area contributed by atoms with Crippen LogP contribution in [-0.4, -0.2) is 62.0 Å². The third-order valence-electron chi connectivity index (χ3n) is 5.49. The van der Waals surface area contributed by atoms with Gasteiger partial charge < -0.3 is 19.7 Å². The van der Waals surface area contributed by atoms with Gasteiger partial charge in [0, 0.05) is 38.2 Å². The molecule has 5 nitrogen and oxygen atoms in total. The second-order valence-corrected chi connectivity index (χ2v) is 7.32. The smallest absolute Gasteiger partial charge is 0.194 e. The van der Waals surface area contributed by atoms with Gasteiger partial charge in [0.2, 0.25) is 0 Å². The fourth-order valence-electron chi connectivity index (χ4n) is 4.02. The van der Waals surface area contributed by atoms with Gasteiger partial charge in [-0.05, 0) is 37.8 Å². The molecule has 2 saturated heterocycles. The minimum Gasteiger partial charge on any atom is -0.375 e. The Labute approximate surface area is 154 Å². The van der Waals surface area contributed by atoms with Crippen molar-refractivity contribution in [3.8, 4) is 0 Å². The van der Waals surface area contributed by atoms with E-state index in [1.54, 1.807) is 12.1 Å². The Morgan fingerprint density at radius 1 is 1.27 bits per heavy atom. The molecular formula is C20H28FN3O2. The first-order chi connectivity index (χ1) is 12.8. The number of aliphatic imine (C=N–C) groups is 1. The molecule has 0 amide bonds. The van der Waals surface area contributed by atoms with E-state index >= 15 is 0 Å². The number of rotatable bonds is 4. The SMILES string of the molecule is CCN=C(NC1CC1c1ccccc1F)N1CCOC(C2CCCO2)C1. The van der Waals surface area contributed by atoms with Gasteiger partial charge in [-0.15, -0.1) is 0 Å². The maximum absolute atomic E-state index is 14.0. The normalized spacial score (nSPS) is 31.9. The largest absolute Gasteiger partial charge is 0.375 e. The van der Waals surface area contributed by atoms with Gasteiger partial charge in [-0.3, -0.25) is 4.99 Å². The van der Waals surface area contributed by atoms with Crippen LogP contribution in [0.4, 0.5) is 4.39 Å². The van der Waals surface area contributed by atoms with Crippen LogP contribution in [0.25, 0.3) is 0 Å². The van der Waals surface area contributed by atoms with E-state index in [0.717, 1.165) is 57.0 Å². The summed E-state index contributed by atoms with van der Waals surface area (Å²) in [7, 11) is 0. The fourth-order valence-corrected chi connectivity index (χ4v) is 4.02.